The Labute approximate surface area is 55.0 Å². The molecular formula is C6H11N3. The molecule has 0 aromatic heterocycles. The van der Waals surface area contributed by atoms with Gasteiger partial charge in [0.15, 0.2) is 0 Å². The molecule has 0 saturated carbocycles. The predicted molar refractivity (Wildman–Crippen MR) is 37.8 cm³/mol. The highest BCUT2D eigenvalue weighted by molar-refractivity contribution is 5.78. The fraction of sp³-hybridized carbons (Fsp3) is 0.500. The topological polar surface area (TPSA) is 27.6 Å². The number of allylic oxidation sites excluding steroid dienone is 2. The van der Waals surface area contributed by atoms with Gasteiger partial charge in [-0.05, 0) is 19.4 Å². The van der Waals surface area contributed by atoms with Crippen LogP contribution in [0.5, 0.6) is 0 Å². The van der Waals surface area contributed by atoms with Gasteiger partial charge in [-0.25, -0.2) is 5.12 Å². The van der Waals surface area contributed by atoms with Gasteiger partial charge in [-0.3, -0.25) is 5.43 Å². The Morgan fingerprint density at radius 1 is 1.56 bits per heavy atom. The average Bonchev–Trinajstić information content (AvgIpc) is 1.80. The minimum Gasteiger partial charge on any atom is -0.287 e. The fourth-order valence-corrected chi connectivity index (χ4v) is 0.630. The molecule has 50 valence electrons. The summed E-state index contributed by atoms with van der Waals surface area (Å²) in [5.74, 6) is 0. The molecule has 1 heterocycles. The summed E-state index contributed by atoms with van der Waals surface area (Å²) in [6.45, 7) is 4.05. The quantitative estimate of drug-likeness (QED) is 0.516. The standard InChI is InChI=1S/C6H11N3/c1-5-4-7-9(3)8-6(5)2/h4,8H,1-3H3. The van der Waals surface area contributed by atoms with E-state index in [0.717, 1.165) is 5.70 Å². The maximum atomic E-state index is 4.00. The van der Waals surface area contributed by atoms with Crippen molar-refractivity contribution in [1.82, 2.24) is 10.5 Å². The molecule has 0 bridgehead atoms. The Balaban J connectivity index is 2.75. The van der Waals surface area contributed by atoms with E-state index in [0.29, 0.717) is 0 Å². The first-order valence-electron chi connectivity index (χ1n) is 2.92. The zero-order chi connectivity index (χ0) is 6.85. The Kier molecular flexibility index (Phi) is 1.42. The van der Waals surface area contributed by atoms with E-state index in [4.69, 9.17) is 0 Å². The lowest BCUT2D eigenvalue weighted by molar-refractivity contribution is 0.275. The number of hydrazone groups is 1. The first-order valence-corrected chi connectivity index (χ1v) is 2.92. The summed E-state index contributed by atoms with van der Waals surface area (Å²) in [7, 11) is 1.87. The van der Waals surface area contributed by atoms with Gasteiger partial charge in [-0.15, -0.1) is 0 Å². The van der Waals surface area contributed by atoms with Crippen molar-refractivity contribution in [2.45, 2.75) is 13.8 Å². The Morgan fingerprint density at radius 2 is 2.22 bits per heavy atom. The van der Waals surface area contributed by atoms with Gasteiger partial charge in [0.1, 0.15) is 0 Å². The molecule has 1 rings (SSSR count). The summed E-state index contributed by atoms with van der Waals surface area (Å²) in [4.78, 5) is 0. The van der Waals surface area contributed by atoms with Crippen LogP contribution in [0, 0.1) is 0 Å². The van der Waals surface area contributed by atoms with E-state index in [-0.39, 0.29) is 0 Å². The van der Waals surface area contributed by atoms with Crippen LogP contribution in [-0.4, -0.2) is 18.4 Å². The molecule has 0 spiro atoms. The second-order valence-electron chi connectivity index (χ2n) is 2.19. The van der Waals surface area contributed by atoms with Gasteiger partial charge >= 0.3 is 0 Å². The van der Waals surface area contributed by atoms with E-state index in [1.807, 2.05) is 27.1 Å². The van der Waals surface area contributed by atoms with E-state index in [2.05, 4.69) is 10.5 Å². The van der Waals surface area contributed by atoms with Gasteiger partial charge in [0.25, 0.3) is 0 Å². The molecule has 1 aliphatic rings. The zero-order valence-electron chi connectivity index (χ0n) is 5.97. The monoisotopic (exact) mass is 125 g/mol. The highest BCUT2D eigenvalue weighted by Gasteiger charge is 2.00. The molecule has 1 N–H and O–H groups in total. The number of hydrogen-bond acceptors (Lipinski definition) is 3. The fourth-order valence-electron chi connectivity index (χ4n) is 0.630. The van der Waals surface area contributed by atoms with Gasteiger partial charge in [-0.1, -0.05) is 0 Å². The van der Waals surface area contributed by atoms with Crippen molar-refractivity contribution in [3.63, 3.8) is 0 Å². The van der Waals surface area contributed by atoms with Crippen LogP contribution in [0.4, 0.5) is 0 Å². The van der Waals surface area contributed by atoms with Gasteiger partial charge < -0.3 is 0 Å². The SMILES string of the molecule is CC1=C(C)NN(C)N=C1. The van der Waals surface area contributed by atoms with E-state index >= 15 is 0 Å². The van der Waals surface area contributed by atoms with Crippen molar-refractivity contribution in [2.24, 2.45) is 5.10 Å². The third-order valence-corrected chi connectivity index (χ3v) is 1.35. The van der Waals surface area contributed by atoms with E-state index < -0.39 is 0 Å². The largest absolute Gasteiger partial charge is 0.287 e. The maximum absolute atomic E-state index is 4.00. The normalized spacial score (nSPS) is 18.3. The Hall–Kier alpha value is -0.990. The van der Waals surface area contributed by atoms with Crippen molar-refractivity contribution in [3.8, 4) is 0 Å². The Morgan fingerprint density at radius 3 is 2.67 bits per heavy atom. The van der Waals surface area contributed by atoms with Crippen LogP contribution in [0.1, 0.15) is 13.8 Å². The number of nitrogens with one attached hydrogen (secondary N) is 1. The molecule has 0 fully saturated rings. The molecule has 0 atom stereocenters. The lowest BCUT2D eigenvalue weighted by Crippen LogP contribution is -2.31. The second kappa shape index (κ2) is 2.09. The van der Waals surface area contributed by atoms with Crippen molar-refractivity contribution in [3.05, 3.63) is 11.3 Å². The average molecular weight is 125 g/mol. The van der Waals surface area contributed by atoms with Crippen LogP contribution in [0.2, 0.25) is 0 Å². The van der Waals surface area contributed by atoms with Gasteiger partial charge in [-0.2, -0.15) is 5.10 Å². The summed E-state index contributed by atoms with van der Waals surface area (Å²) in [5, 5.41) is 5.68. The molecular weight excluding hydrogens is 114 g/mol. The minimum atomic E-state index is 1.16. The van der Waals surface area contributed by atoms with Crippen LogP contribution in [0.25, 0.3) is 0 Å². The molecule has 1 aliphatic heterocycles. The third kappa shape index (κ3) is 1.22. The van der Waals surface area contributed by atoms with Crippen LogP contribution in [-0.2, 0) is 0 Å². The van der Waals surface area contributed by atoms with Crippen molar-refractivity contribution >= 4 is 6.21 Å². The molecule has 0 aromatic carbocycles. The molecule has 3 nitrogen and oxygen atoms in total. The molecule has 0 radical (unpaired) electrons. The van der Waals surface area contributed by atoms with Crippen LogP contribution < -0.4 is 5.43 Å². The molecule has 3 heteroatoms. The maximum Gasteiger partial charge on any atom is 0.0537 e. The van der Waals surface area contributed by atoms with Crippen LogP contribution in [0.3, 0.4) is 0 Å². The van der Waals surface area contributed by atoms with E-state index in [1.165, 1.54) is 5.57 Å². The molecule has 0 saturated heterocycles. The summed E-state index contributed by atoms with van der Waals surface area (Å²) in [5.41, 5.74) is 5.39. The van der Waals surface area contributed by atoms with Crippen LogP contribution >= 0.6 is 0 Å². The lowest BCUT2D eigenvalue weighted by Gasteiger charge is -2.20. The van der Waals surface area contributed by atoms with Crippen molar-refractivity contribution < 1.29 is 0 Å². The number of hydrazine groups is 1. The highest BCUT2D eigenvalue weighted by atomic mass is 15.7. The zero-order valence-corrected chi connectivity index (χ0v) is 5.97. The van der Waals surface area contributed by atoms with Gasteiger partial charge in [0.05, 0.1) is 6.21 Å². The smallest absolute Gasteiger partial charge is 0.0537 e. The highest BCUT2D eigenvalue weighted by Crippen LogP contribution is 2.01. The number of nitrogens with zero attached hydrogens (tertiary/aromatic N) is 2. The lowest BCUT2D eigenvalue weighted by atomic mass is 10.3. The number of rotatable bonds is 0. The molecule has 0 aliphatic carbocycles. The number of hydrogen-bond donors (Lipinski definition) is 1. The first kappa shape index (κ1) is 6.13. The summed E-state index contributed by atoms with van der Waals surface area (Å²) in [6, 6.07) is 0. The van der Waals surface area contributed by atoms with Gasteiger partial charge in [0, 0.05) is 12.7 Å². The van der Waals surface area contributed by atoms with Gasteiger partial charge in [0.2, 0.25) is 0 Å². The Bertz CT molecular complexity index is 169. The van der Waals surface area contributed by atoms with Crippen molar-refractivity contribution in [1.29, 1.82) is 0 Å². The van der Waals surface area contributed by atoms with Crippen LogP contribution in [0.15, 0.2) is 16.4 Å². The molecule has 0 unspecified atom stereocenters. The van der Waals surface area contributed by atoms with Crippen molar-refractivity contribution in [2.75, 3.05) is 7.05 Å². The summed E-state index contributed by atoms with van der Waals surface area (Å²) in [6.07, 6.45) is 1.84. The first-order chi connectivity index (χ1) is 4.20. The third-order valence-electron chi connectivity index (χ3n) is 1.35. The van der Waals surface area contributed by atoms with E-state index in [9.17, 15) is 0 Å². The summed E-state index contributed by atoms with van der Waals surface area (Å²) >= 11 is 0. The predicted octanol–water partition coefficient (Wildman–Crippen LogP) is 0.716. The second-order valence-corrected chi connectivity index (χ2v) is 2.19. The van der Waals surface area contributed by atoms with E-state index in [1.54, 1.807) is 5.12 Å². The minimum absolute atomic E-state index is 1.16. The molecule has 0 amide bonds. The molecule has 9 heavy (non-hydrogen) atoms. The molecule has 0 aromatic rings. The summed E-state index contributed by atoms with van der Waals surface area (Å²) < 4.78 is 0.